The molecular weight excluding hydrogens is 424 g/mol. The van der Waals surface area contributed by atoms with E-state index >= 15 is 0 Å². The molecule has 0 aliphatic heterocycles. The lowest BCUT2D eigenvalue weighted by atomic mass is 9.99. The zero-order valence-corrected chi connectivity index (χ0v) is 19.9. The van der Waals surface area contributed by atoms with Gasteiger partial charge in [0.15, 0.2) is 6.10 Å². The molecule has 3 aromatic rings. The Balaban J connectivity index is 1.48. The van der Waals surface area contributed by atoms with Crippen LogP contribution in [0.3, 0.4) is 0 Å². The van der Waals surface area contributed by atoms with Crippen LogP contribution in [0.2, 0.25) is 0 Å². The number of unbranched alkanes of at least 4 members (excludes halogenated alkanes) is 1. The van der Waals surface area contributed by atoms with Crippen molar-refractivity contribution in [2.45, 2.75) is 45.6 Å². The summed E-state index contributed by atoms with van der Waals surface area (Å²) < 4.78 is 11.3. The fraction of sp³-hybridized carbons (Fsp3) is 0.300. The van der Waals surface area contributed by atoms with E-state index in [-0.39, 0.29) is 0 Å². The van der Waals surface area contributed by atoms with Crippen molar-refractivity contribution < 1.29 is 19.4 Å². The van der Waals surface area contributed by atoms with Gasteiger partial charge >= 0.3 is 5.97 Å². The first-order valence-corrected chi connectivity index (χ1v) is 12.1. The van der Waals surface area contributed by atoms with E-state index in [0.717, 1.165) is 17.7 Å². The van der Waals surface area contributed by atoms with Crippen LogP contribution >= 0.6 is 0 Å². The lowest BCUT2D eigenvalue weighted by Crippen LogP contribution is -2.26. The lowest BCUT2D eigenvalue weighted by Gasteiger charge is -2.12. The van der Waals surface area contributed by atoms with Crippen LogP contribution in [0.25, 0.3) is 16.7 Å². The van der Waals surface area contributed by atoms with E-state index in [0.29, 0.717) is 19.6 Å². The second-order valence-electron chi connectivity index (χ2n) is 8.59. The molecule has 4 nitrogen and oxygen atoms in total. The largest absolute Gasteiger partial charge is 0.490 e. The molecular formula is C30H32O4. The maximum absolute atomic E-state index is 11.3. The van der Waals surface area contributed by atoms with E-state index in [1.807, 2.05) is 24.3 Å². The first kappa shape index (κ1) is 23.8. The summed E-state index contributed by atoms with van der Waals surface area (Å²) in [6, 6.07) is 23.0. The highest BCUT2D eigenvalue weighted by Gasteiger charge is 2.23. The summed E-state index contributed by atoms with van der Waals surface area (Å²) in [6.07, 6.45) is 5.16. The maximum atomic E-state index is 11.3. The molecule has 176 valence electrons. The molecule has 0 amide bonds. The highest BCUT2D eigenvalue weighted by Crippen LogP contribution is 2.44. The van der Waals surface area contributed by atoms with E-state index in [9.17, 15) is 9.90 Å². The topological polar surface area (TPSA) is 55.8 Å². The fourth-order valence-corrected chi connectivity index (χ4v) is 4.48. The van der Waals surface area contributed by atoms with Crippen LogP contribution in [0.5, 0.6) is 5.75 Å². The third-order valence-corrected chi connectivity index (χ3v) is 6.23. The molecule has 0 saturated carbocycles. The third-order valence-electron chi connectivity index (χ3n) is 6.23. The summed E-state index contributed by atoms with van der Waals surface area (Å²) in [5.41, 5.74) is 8.60. The maximum Gasteiger partial charge on any atom is 0.333 e. The second kappa shape index (κ2) is 11.2. The van der Waals surface area contributed by atoms with E-state index in [4.69, 9.17) is 9.47 Å². The normalized spacial score (nSPS) is 14.0. The predicted octanol–water partition coefficient (Wildman–Crippen LogP) is 6.55. The Morgan fingerprint density at radius 3 is 2.32 bits per heavy atom. The summed E-state index contributed by atoms with van der Waals surface area (Å²) >= 11 is 0. The number of aryl methyl sites for hydroxylation is 1. The second-order valence-corrected chi connectivity index (χ2v) is 8.59. The first-order chi connectivity index (χ1) is 16.6. The van der Waals surface area contributed by atoms with Crippen molar-refractivity contribution in [2.24, 2.45) is 0 Å². The van der Waals surface area contributed by atoms with Crippen molar-refractivity contribution in [1.29, 1.82) is 0 Å². The van der Waals surface area contributed by atoms with Crippen LogP contribution in [0.4, 0.5) is 0 Å². The van der Waals surface area contributed by atoms with Gasteiger partial charge in [-0.05, 0) is 76.9 Å². The molecule has 0 fully saturated rings. The molecule has 1 unspecified atom stereocenters. The molecule has 0 radical (unpaired) electrons. The van der Waals surface area contributed by atoms with Crippen LogP contribution < -0.4 is 4.74 Å². The molecule has 1 aliphatic carbocycles. The van der Waals surface area contributed by atoms with Crippen LogP contribution in [0.1, 0.15) is 48.9 Å². The Morgan fingerprint density at radius 2 is 1.62 bits per heavy atom. The van der Waals surface area contributed by atoms with Gasteiger partial charge in [-0.1, -0.05) is 67.9 Å². The minimum Gasteiger partial charge on any atom is -0.490 e. The Hall–Kier alpha value is -3.37. The lowest BCUT2D eigenvalue weighted by molar-refractivity contribution is -0.149. The van der Waals surface area contributed by atoms with Crippen molar-refractivity contribution in [1.82, 2.24) is 0 Å². The zero-order valence-electron chi connectivity index (χ0n) is 19.9. The molecule has 4 heteroatoms. The van der Waals surface area contributed by atoms with E-state index < -0.39 is 12.1 Å². The summed E-state index contributed by atoms with van der Waals surface area (Å²) in [5.74, 6) is -0.184. The number of carbonyl (C=O) groups is 1. The summed E-state index contributed by atoms with van der Waals surface area (Å²) in [6.45, 7) is 4.86. The van der Waals surface area contributed by atoms with Crippen LogP contribution in [0, 0.1) is 0 Å². The van der Waals surface area contributed by atoms with E-state index in [1.54, 1.807) is 6.92 Å². The van der Waals surface area contributed by atoms with E-state index in [1.165, 1.54) is 46.2 Å². The monoisotopic (exact) mass is 456 g/mol. The number of aliphatic carboxylic acids is 1. The van der Waals surface area contributed by atoms with Crippen LogP contribution in [0.15, 0.2) is 72.8 Å². The molecule has 4 rings (SSSR count). The van der Waals surface area contributed by atoms with Crippen LogP contribution in [-0.4, -0.2) is 30.4 Å². The summed E-state index contributed by atoms with van der Waals surface area (Å²) in [7, 11) is 0. The highest BCUT2D eigenvalue weighted by atomic mass is 16.5. The Morgan fingerprint density at radius 1 is 0.912 bits per heavy atom. The molecule has 0 heterocycles. The standard InChI is InChI=1S/C30H32O4/c1-3-5-8-21-13-16-26-24-9-6-7-10-25(24)27(28(26)19-21)17-18-34-23-14-11-22(12-15-23)20-29(30(31)32)33-4-2/h6-7,9-17,19,29H,3-5,8,18,20H2,1-2H3,(H,31,32)/b27-17-. The molecule has 1 atom stereocenters. The molecule has 0 bridgehead atoms. The average Bonchev–Trinajstić information content (AvgIpc) is 3.16. The number of hydrogen-bond donors (Lipinski definition) is 1. The molecule has 0 spiro atoms. The van der Waals surface area contributed by atoms with Crippen molar-refractivity contribution in [2.75, 3.05) is 13.2 Å². The first-order valence-electron chi connectivity index (χ1n) is 12.1. The summed E-state index contributed by atoms with van der Waals surface area (Å²) in [5, 5.41) is 9.28. The van der Waals surface area contributed by atoms with Gasteiger partial charge in [-0.25, -0.2) is 4.79 Å². The molecule has 0 aromatic heterocycles. The van der Waals surface area contributed by atoms with Gasteiger partial charge in [-0.2, -0.15) is 0 Å². The number of hydrogen-bond acceptors (Lipinski definition) is 3. The highest BCUT2D eigenvalue weighted by molar-refractivity contribution is 6.01. The number of carboxylic acid groups (broad SMARTS) is 1. The van der Waals surface area contributed by atoms with Crippen molar-refractivity contribution in [3.8, 4) is 16.9 Å². The minimum atomic E-state index is -0.941. The molecule has 3 aromatic carbocycles. The van der Waals surface area contributed by atoms with E-state index in [2.05, 4.69) is 55.5 Å². The van der Waals surface area contributed by atoms with Gasteiger partial charge < -0.3 is 14.6 Å². The number of carboxylic acids is 1. The van der Waals surface area contributed by atoms with Gasteiger partial charge in [-0.15, -0.1) is 0 Å². The molecule has 0 saturated heterocycles. The smallest absolute Gasteiger partial charge is 0.333 e. The molecule has 1 N–H and O–H groups in total. The predicted molar refractivity (Wildman–Crippen MR) is 136 cm³/mol. The number of fused-ring (bicyclic) bond motifs is 3. The number of ether oxygens (including phenoxy) is 2. The van der Waals surface area contributed by atoms with Crippen LogP contribution in [-0.2, 0) is 22.4 Å². The Kier molecular flexibility index (Phi) is 7.81. The number of benzene rings is 3. The zero-order chi connectivity index (χ0) is 23.9. The van der Waals surface area contributed by atoms with Gasteiger partial charge in [0.1, 0.15) is 12.4 Å². The number of rotatable bonds is 11. The van der Waals surface area contributed by atoms with Gasteiger partial charge in [0.05, 0.1) is 0 Å². The molecule has 34 heavy (non-hydrogen) atoms. The van der Waals surface area contributed by atoms with Gasteiger partial charge in [0.25, 0.3) is 0 Å². The van der Waals surface area contributed by atoms with Gasteiger partial charge in [0.2, 0.25) is 0 Å². The van der Waals surface area contributed by atoms with Crippen molar-refractivity contribution >= 4 is 11.5 Å². The van der Waals surface area contributed by atoms with Crippen molar-refractivity contribution in [3.63, 3.8) is 0 Å². The van der Waals surface area contributed by atoms with Crippen molar-refractivity contribution in [3.05, 3.63) is 95.1 Å². The quantitative estimate of drug-likeness (QED) is 0.278. The fourth-order valence-electron chi connectivity index (χ4n) is 4.48. The van der Waals surface area contributed by atoms with Gasteiger partial charge in [-0.3, -0.25) is 0 Å². The Bertz CT molecular complexity index is 1160. The summed E-state index contributed by atoms with van der Waals surface area (Å²) in [4.78, 5) is 11.3. The SMILES string of the molecule is CCCCc1ccc2c(c1)/C(=C\COc1ccc(CC(OCC)C(=O)O)cc1)c1ccccc1-2. The Labute approximate surface area is 201 Å². The van der Waals surface area contributed by atoms with Gasteiger partial charge in [0, 0.05) is 13.0 Å². The molecule has 1 aliphatic rings. The minimum absolute atomic E-state index is 0.335. The third kappa shape index (κ3) is 5.40. The average molecular weight is 457 g/mol.